The minimum absolute atomic E-state index is 0.00706. The SMILES string of the molecule is CCC(CCN)CNC(=O)NC1CCCCC1. The van der Waals surface area contributed by atoms with Gasteiger partial charge in [-0.25, -0.2) is 4.79 Å². The fraction of sp³-hybridized carbons (Fsp3) is 0.923. The van der Waals surface area contributed by atoms with E-state index in [0.29, 0.717) is 18.5 Å². The third-order valence-corrected chi connectivity index (χ3v) is 3.64. The molecule has 0 aliphatic heterocycles. The van der Waals surface area contributed by atoms with Gasteiger partial charge in [0.25, 0.3) is 0 Å². The molecule has 1 fully saturated rings. The molecule has 0 radical (unpaired) electrons. The number of amides is 2. The molecule has 0 bridgehead atoms. The molecule has 0 saturated heterocycles. The van der Waals surface area contributed by atoms with Gasteiger partial charge in [0, 0.05) is 12.6 Å². The Hall–Kier alpha value is -0.770. The van der Waals surface area contributed by atoms with Crippen molar-refractivity contribution in [3.8, 4) is 0 Å². The number of rotatable bonds is 6. The Bertz CT molecular complexity index is 215. The zero-order valence-corrected chi connectivity index (χ0v) is 11.0. The predicted octanol–water partition coefficient (Wildman–Crippen LogP) is 1.99. The van der Waals surface area contributed by atoms with Gasteiger partial charge < -0.3 is 16.4 Å². The van der Waals surface area contributed by atoms with Crippen LogP contribution in [0.3, 0.4) is 0 Å². The Balaban J connectivity index is 2.14. The summed E-state index contributed by atoms with van der Waals surface area (Å²) in [6, 6.07) is 0.380. The van der Waals surface area contributed by atoms with Gasteiger partial charge in [0.05, 0.1) is 0 Å². The van der Waals surface area contributed by atoms with Crippen molar-refractivity contribution in [1.82, 2.24) is 10.6 Å². The van der Waals surface area contributed by atoms with Gasteiger partial charge in [-0.2, -0.15) is 0 Å². The van der Waals surface area contributed by atoms with E-state index in [9.17, 15) is 4.79 Å². The van der Waals surface area contributed by atoms with E-state index in [-0.39, 0.29) is 6.03 Å². The summed E-state index contributed by atoms with van der Waals surface area (Å²) in [5.74, 6) is 0.511. The van der Waals surface area contributed by atoms with Crippen LogP contribution < -0.4 is 16.4 Å². The van der Waals surface area contributed by atoms with Gasteiger partial charge in [-0.3, -0.25) is 0 Å². The van der Waals surface area contributed by atoms with E-state index < -0.39 is 0 Å². The zero-order chi connectivity index (χ0) is 12.5. The van der Waals surface area contributed by atoms with Crippen LogP contribution in [0.25, 0.3) is 0 Å². The summed E-state index contributed by atoms with van der Waals surface area (Å²) in [5, 5.41) is 6.02. The van der Waals surface area contributed by atoms with Gasteiger partial charge >= 0.3 is 6.03 Å². The summed E-state index contributed by atoms with van der Waals surface area (Å²) >= 11 is 0. The fourth-order valence-corrected chi connectivity index (χ4v) is 2.41. The highest BCUT2D eigenvalue weighted by Gasteiger charge is 2.15. The van der Waals surface area contributed by atoms with Crippen molar-refractivity contribution in [3.63, 3.8) is 0 Å². The second-order valence-corrected chi connectivity index (χ2v) is 5.04. The molecule has 100 valence electrons. The van der Waals surface area contributed by atoms with Crippen LogP contribution in [0, 0.1) is 5.92 Å². The molecule has 0 aromatic rings. The lowest BCUT2D eigenvalue weighted by Gasteiger charge is -2.23. The maximum Gasteiger partial charge on any atom is 0.315 e. The molecule has 0 heterocycles. The van der Waals surface area contributed by atoms with Gasteiger partial charge in [0.2, 0.25) is 0 Å². The first-order chi connectivity index (χ1) is 8.26. The van der Waals surface area contributed by atoms with Crippen molar-refractivity contribution in [2.45, 2.75) is 57.9 Å². The predicted molar refractivity (Wildman–Crippen MR) is 70.9 cm³/mol. The van der Waals surface area contributed by atoms with E-state index in [2.05, 4.69) is 17.6 Å². The molecular weight excluding hydrogens is 214 g/mol. The van der Waals surface area contributed by atoms with E-state index in [1.165, 1.54) is 19.3 Å². The molecule has 1 aliphatic carbocycles. The van der Waals surface area contributed by atoms with E-state index >= 15 is 0 Å². The largest absolute Gasteiger partial charge is 0.338 e. The molecule has 1 unspecified atom stereocenters. The van der Waals surface area contributed by atoms with Crippen molar-refractivity contribution < 1.29 is 4.79 Å². The Morgan fingerprint density at radius 2 is 2.06 bits per heavy atom. The molecular formula is C13H27N3O. The molecule has 0 aromatic heterocycles. The monoisotopic (exact) mass is 241 g/mol. The quantitative estimate of drug-likeness (QED) is 0.666. The molecule has 1 atom stereocenters. The average molecular weight is 241 g/mol. The van der Waals surface area contributed by atoms with Crippen LogP contribution in [0.15, 0.2) is 0 Å². The lowest BCUT2D eigenvalue weighted by molar-refractivity contribution is 0.230. The number of nitrogens with one attached hydrogen (secondary N) is 2. The highest BCUT2D eigenvalue weighted by atomic mass is 16.2. The maximum absolute atomic E-state index is 11.7. The first kappa shape index (κ1) is 14.3. The van der Waals surface area contributed by atoms with Crippen molar-refractivity contribution in [1.29, 1.82) is 0 Å². The van der Waals surface area contributed by atoms with Crippen molar-refractivity contribution in [2.75, 3.05) is 13.1 Å². The summed E-state index contributed by atoms with van der Waals surface area (Å²) < 4.78 is 0. The molecule has 0 aromatic carbocycles. The molecule has 1 aliphatic rings. The number of hydrogen-bond donors (Lipinski definition) is 3. The standard InChI is InChI=1S/C13H27N3O/c1-2-11(8-9-14)10-15-13(17)16-12-6-4-3-5-7-12/h11-12H,2-10,14H2,1H3,(H2,15,16,17). The van der Waals surface area contributed by atoms with E-state index in [1.54, 1.807) is 0 Å². The molecule has 4 heteroatoms. The summed E-state index contributed by atoms with van der Waals surface area (Å²) in [7, 11) is 0. The number of urea groups is 1. The van der Waals surface area contributed by atoms with Crippen LogP contribution in [-0.2, 0) is 0 Å². The van der Waals surface area contributed by atoms with Gasteiger partial charge in [0.15, 0.2) is 0 Å². The lowest BCUT2D eigenvalue weighted by atomic mass is 9.96. The number of carbonyl (C=O) groups is 1. The number of nitrogens with two attached hydrogens (primary N) is 1. The zero-order valence-electron chi connectivity index (χ0n) is 11.0. The van der Waals surface area contributed by atoms with Crippen molar-refractivity contribution >= 4 is 6.03 Å². The number of carbonyl (C=O) groups excluding carboxylic acids is 1. The summed E-state index contributed by atoms with van der Waals surface area (Å²) in [5.41, 5.74) is 5.53. The van der Waals surface area contributed by atoms with Crippen LogP contribution >= 0.6 is 0 Å². The summed E-state index contributed by atoms with van der Waals surface area (Å²) in [6.07, 6.45) is 8.13. The first-order valence-electron chi connectivity index (χ1n) is 7.00. The second-order valence-electron chi connectivity index (χ2n) is 5.04. The van der Waals surface area contributed by atoms with E-state index in [4.69, 9.17) is 5.73 Å². The van der Waals surface area contributed by atoms with Crippen molar-refractivity contribution in [3.05, 3.63) is 0 Å². The normalized spacial score (nSPS) is 18.7. The molecule has 1 rings (SSSR count). The van der Waals surface area contributed by atoms with Crippen LogP contribution in [0.5, 0.6) is 0 Å². The van der Waals surface area contributed by atoms with Gasteiger partial charge in [-0.05, 0) is 31.7 Å². The second kappa shape index (κ2) is 8.34. The van der Waals surface area contributed by atoms with Gasteiger partial charge in [-0.15, -0.1) is 0 Å². The number of hydrogen-bond acceptors (Lipinski definition) is 2. The fourth-order valence-electron chi connectivity index (χ4n) is 2.41. The summed E-state index contributed by atoms with van der Waals surface area (Å²) in [4.78, 5) is 11.7. The highest BCUT2D eigenvalue weighted by Crippen LogP contribution is 2.17. The minimum atomic E-state index is -0.00706. The minimum Gasteiger partial charge on any atom is -0.338 e. The van der Waals surface area contributed by atoms with Gasteiger partial charge in [-0.1, -0.05) is 32.6 Å². The molecule has 1 saturated carbocycles. The summed E-state index contributed by atoms with van der Waals surface area (Å²) in [6.45, 7) is 3.58. The average Bonchev–Trinajstić information content (AvgIpc) is 2.35. The topological polar surface area (TPSA) is 67.1 Å². The van der Waals surface area contributed by atoms with E-state index in [0.717, 1.165) is 32.2 Å². The first-order valence-corrected chi connectivity index (χ1v) is 7.00. The van der Waals surface area contributed by atoms with Gasteiger partial charge in [0.1, 0.15) is 0 Å². The molecule has 4 N–H and O–H groups in total. The molecule has 4 nitrogen and oxygen atoms in total. The Kier molecular flexibility index (Phi) is 7.01. The molecule has 0 spiro atoms. The Morgan fingerprint density at radius 3 is 2.65 bits per heavy atom. The molecule has 17 heavy (non-hydrogen) atoms. The Morgan fingerprint density at radius 1 is 1.35 bits per heavy atom. The Labute approximate surface area is 105 Å². The van der Waals surface area contributed by atoms with Crippen LogP contribution in [-0.4, -0.2) is 25.2 Å². The van der Waals surface area contributed by atoms with Crippen LogP contribution in [0.4, 0.5) is 4.79 Å². The van der Waals surface area contributed by atoms with Crippen LogP contribution in [0.1, 0.15) is 51.9 Å². The van der Waals surface area contributed by atoms with Crippen LogP contribution in [0.2, 0.25) is 0 Å². The molecule has 2 amide bonds. The highest BCUT2D eigenvalue weighted by molar-refractivity contribution is 5.74. The smallest absolute Gasteiger partial charge is 0.315 e. The van der Waals surface area contributed by atoms with E-state index in [1.807, 2.05) is 0 Å². The van der Waals surface area contributed by atoms with Crippen molar-refractivity contribution in [2.24, 2.45) is 11.7 Å². The maximum atomic E-state index is 11.7. The third kappa shape index (κ3) is 5.91. The lowest BCUT2D eigenvalue weighted by Crippen LogP contribution is -2.44. The third-order valence-electron chi connectivity index (χ3n) is 3.64.